The van der Waals surface area contributed by atoms with Gasteiger partial charge in [-0.1, -0.05) is 23.7 Å². The lowest BCUT2D eigenvalue weighted by Gasteiger charge is -2.16. The summed E-state index contributed by atoms with van der Waals surface area (Å²) in [6.45, 7) is 4.91. The van der Waals surface area contributed by atoms with E-state index in [1.54, 1.807) is 28.6 Å². The van der Waals surface area contributed by atoms with Crippen LogP contribution in [-0.4, -0.2) is 44.9 Å². The van der Waals surface area contributed by atoms with Gasteiger partial charge in [0.2, 0.25) is 0 Å². The summed E-state index contributed by atoms with van der Waals surface area (Å²) in [5, 5.41) is 14.7. The number of para-hydroxylation sites is 1. The SMILES string of the molecule is Cc1cc(C(=O)N2CCC(C(C)O)C2)nn1-c1ccccc1Cl. The Labute approximate surface area is 140 Å². The Morgan fingerprint density at radius 1 is 1.43 bits per heavy atom. The van der Waals surface area contributed by atoms with Crippen molar-refractivity contribution in [1.82, 2.24) is 14.7 Å². The number of hydrogen-bond acceptors (Lipinski definition) is 3. The number of carbonyl (C=O) groups is 1. The number of halogens is 1. The van der Waals surface area contributed by atoms with Crippen molar-refractivity contribution in [2.75, 3.05) is 13.1 Å². The topological polar surface area (TPSA) is 58.4 Å². The van der Waals surface area contributed by atoms with Gasteiger partial charge in [0.05, 0.1) is 16.8 Å². The molecule has 3 rings (SSSR count). The Balaban J connectivity index is 1.84. The number of aromatic nitrogens is 2. The molecule has 2 unspecified atom stereocenters. The van der Waals surface area contributed by atoms with E-state index in [1.807, 2.05) is 25.1 Å². The minimum atomic E-state index is -0.393. The van der Waals surface area contributed by atoms with Gasteiger partial charge >= 0.3 is 0 Å². The standard InChI is InChI=1S/C17H20ClN3O2/c1-11-9-15(17(23)20-8-7-13(10-20)12(2)22)19-21(11)16-6-4-3-5-14(16)18/h3-6,9,12-13,22H,7-8,10H2,1-2H3. The van der Waals surface area contributed by atoms with Crippen LogP contribution in [0.5, 0.6) is 0 Å². The van der Waals surface area contributed by atoms with Crippen LogP contribution in [0.25, 0.3) is 5.69 Å². The first-order valence-corrected chi connectivity index (χ1v) is 8.14. The van der Waals surface area contributed by atoms with Crippen molar-refractivity contribution >= 4 is 17.5 Å². The molecule has 1 amide bonds. The molecule has 0 aliphatic carbocycles. The zero-order valence-electron chi connectivity index (χ0n) is 13.2. The first-order valence-electron chi connectivity index (χ1n) is 7.76. The van der Waals surface area contributed by atoms with Gasteiger partial charge in [-0.3, -0.25) is 4.79 Å². The average molecular weight is 334 g/mol. The third-order valence-corrected chi connectivity index (χ3v) is 4.70. The number of aliphatic hydroxyl groups excluding tert-OH is 1. The second-order valence-corrected chi connectivity index (χ2v) is 6.48. The van der Waals surface area contributed by atoms with Gasteiger partial charge in [-0.25, -0.2) is 4.68 Å². The molecule has 6 heteroatoms. The zero-order chi connectivity index (χ0) is 16.6. The van der Waals surface area contributed by atoms with E-state index < -0.39 is 6.10 Å². The quantitative estimate of drug-likeness (QED) is 0.939. The second kappa shape index (κ2) is 6.34. The van der Waals surface area contributed by atoms with Gasteiger partial charge in [-0.2, -0.15) is 5.10 Å². The van der Waals surface area contributed by atoms with E-state index >= 15 is 0 Å². The molecule has 0 spiro atoms. The van der Waals surface area contributed by atoms with Crippen molar-refractivity contribution in [3.05, 3.63) is 46.7 Å². The van der Waals surface area contributed by atoms with E-state index in [1.165, 1.54) is 0 Å². The van der Waals surface area contributed by atoms with Crippen LogP contribution >= 0.6 is 11.6 Å². The molecule has 0 saturated carbocycles. The summed E-state index contributed by atoms with van der Waals surface area (Å²) in [6.07, 6.45) is 0.434. The fourth-order valence-electron chi connectivity index (χ4n) is 2.97. The van der Waals surface area contributed by atoms with Gasteiger partial charge in [-0.05, 0) is 38.5 Å². The van der Waals surface area contributed by atoms with E-state index in [0.29, 0.717) is 23.8 Å². The molecule has 1 aromatic carbocycles. The Morgan fingerprint density at radius 2 is 2.17 bits per heavy atom. The number of aryl methyl sites for hydroxylation is 1. The molecule has 1 aliphatic rings. The van der Waals surface area contributed by atoms with Crippen molar-refractivity contribution < 1.29 is 9.90 Å². The van der Waals surface area contributed by atoms with E-state index in [4.69, 9.17) is 11.6 Å². The van der Waals surface area contributed by atoms with Gasteiger partial charge < -0.3 is 10.0 Å². The molecule has 0 bridgehead atoms. The molecule has 5 nitrogen and oxygen atoms in total. The summed E-state index contributed by atoms with van der Waals surface area (Å²) >= 11 is 6.22. The average Bonchev–Trinajstić information content (AvgIpc) is 3.14. The molecule has 1 aromatic heterocycles. The van der Waals surface area contributed by atoms with Crippen molar-refractivity contribution in [2.24, 2.45) is 5.92 Å². The molecule has 1 fully saturated rings. The molecule has 1 N–H and O–H groups in total. The van der Waals surface area contributed by atoms with Crippen molar-refractivity contribution in [1.29, 1.82) is 0 Å². The number of nitrogens with zero attached hydrogens (tertiary/aromatic N) is 3. The van der Waals surface area contributed by atoms with Gasteiger partial charge in [0.25, 0.3) is 5.91 Å². The normalized spacial score (nSPS) is 19.1. The highest BCUT2D eigenvalue weighted by molar-refractivity contribution is 6.32. The zero-order valence-corrected chi connectivity index (χ0v) is 14.0. The van der Waals surface area contributed by atoms with E-state index in [-0.39, 0.29) is 11.8 Å². The number of benzene rings is 1. The minimum Gasteiger partial charge on any atom is -0.393 e. The third-order valence-electron chi connectivity index (χ3n) is 4.38. The molecule has 1 saturated heterocycles. The highest BCUT2D eigenvalue weighted by atomic mass is 35.5. The predicted molar refractivity (Wildman–Crippen MR) is 89.0 cm³/mol. The lowest BCUT2D eigenvalue weighted by atomic mass is 10.0. The maximum absolute atomic E-state index is 12.6. The molecule has 2 heterocycles. The van der Waals surface area contributed by atoms with Gasteiger partial charge in [0, 0.05) is 24.7 Å². The third kappa shape index (κ3) is 3.12. The lowest BCUT2D eigenvalue weighted by molar-refractivity contribution is 0.0756. The Hall–Kier alpha value is -1.85. The monoisotopic (exact) mass is 333 g/mol. The Morgan fingerprint density at radius 3 is 2.83 bits per heavy atom. The second-order valence-electron chi connectivity index (χ2n) is 6.07. The number of amides is 1. The Kier molecular flexibility index (Phi) is 4.41. The number of hydrogen-bond donors (Lipinski definition) is 1. The maximum atomic E-state index is 12.6. The first-order chi connectivity index (χ1) is 11.0. The van der Waals surface area contributed by atoms with Crippen LogP contribution in [0, 0.1) is 12.8 Å². The highest BCUT2D eigenvalue weighted by Gasteiger charge is 2.30. The summed E-state index contributed by atoms with van der Waals surface area (Å²) < 4.78 is 1.69. The summed E-state index contributed by atoms with van der Waals surface area (Å²) in [6, 6.07) is 9.19. The van der Waals surface area contributed by atoms with Gasteiger partial charge in [0.15, 0.2) is 5.69 Å². The Bertz CT molecular complexity index is 726. The summed E-state index contributed by atoms with van der Waals surface area (Å²) in [5.41, 5.74) is 2.02. The molecule has 0 radical (unpaired) electrons. The van der Waals surface area contributed by atoms with Crippen LogP contribution in [0.2, 0.25) is 5.02 Å². The van der Waals surface area contributed by atoms with Crippen molar-refractivity contribution in [3.63, 3.8) is 0 Å². The van der Waals surface area contributed by atoms with Gasteiger partial charge in [-0.15, -0.1) is 0 Å². The van der Waals surface area contributed by atoms with Crippen LogP contribution in [-0.2, 0) is 0 Å². The minimum absolute atomic E-state index is 0.0953. The molecular formula is C17H20ClN3O2. The van der Waals surface area contributed by atoms with Gasteiger partial charge in [0.1, 0.15) is 0 Å². The number of rotatable bonds is 3. The summed E-state index contributed by atoms with van der Waals surface area (Å²) in [5.74, 6) is 0.0488. The van der Waals surface area contributed by atoms with Crippen LogP contribution < -0.4 is 0 Å². The molecule has 122 valence electrons. The van der Waals surface area contributed by atoms with Crippen molar-refractivity contribution in [2.45, 2.75) is 26.4 Å². The summed E-state index contributed by atoms with van der Waals surface area (Å²) in [7, 11) is 0. The summed E-state index contributed by atoms with van der Waals surface area (Å²) in [4.78, 5) is 14.4. The predicted octanol–water partition coefficient (Wildman–Crippen LogP) is 2.68. The maximum Gasteiger partial charge on any atom is 0.274 e. The molecular weight excluding hydrogens is 314 g/mol. The fraction of sp³-hybridized carbons (Fsp3) is 0.412. The molecule has 2 aromatic rings. The lowest BCUT2D eigenvalue weighted by Crippen LogP contribution is -2.30. The van der Waals surface area contributed by atoms with Crippen LogP contribution in [0.4, 0.5) is 0 Å². The van der Waals surface area contributed by atoms with Crippen LogP contribution in [0.1, 0.15) is 29.5 Å². The molecule has 1 aliphatic heterocycles. The highest BCUT2D eigenvalue weighted by Crippen LogP contribution is 2.24. The molecule has 2 atom stereocenters. The smallest absolute Gasteiger partial charge is 0.274 e. The first kappa shape index (κ1) is 16.0. The van der Waals surface area contributed by atoms with Crippen molar-refractivity contribution in [3.8, 4) is 5.69 Å². The number of carbonyl (C=O) groups excluding carboxylic acids is 1. The van der Waals surface area contributed by atoms with E-state index in [9.17, 15) is 9.90 Å². The van der Waals surface area contributed by atoms with E-state index in [0.717, 1.165) is 17.8 Å². The van der Waals surface area contributed by atoms with Crippen LogP contribution in [0.15, 0.2) is 30.3 Å². The fourth-order valence-corrected chi connectivity index (χ4v) is 3.19. The molecule has 23 heavy (non-hydrogen) atoms. The van der Waals surface area contributed by atoms with Crippen LogP contribution in [0.3, 0.4) is 0 Å². The largest absolute Gasteiger partial charge is 0.393 e. The van der Waals surface area contributed by atoms with E-state index in [2.05, 4.69) is 5.10 Å². The number of likely N-dealkylation sites (tertiary alicyclic amines) is 1. The number of aliphatic hydroxyl groups is 1.